The highest BCUT2D eigenvalue weighted by Gasteiger charge is 2.23. The lowest BCUT2D eigenvalue weighted by Gasteiger charge is -2.18. The highest BCUT2D eigenvalue weighted by molar-refractivity contribution is 8.13. The molecule has 0 aromatic heterocycles. The van der Waals surface area contributed by atoms with Crippen LogP contribution in [0.4, 0.5) is 0 Å². The van der Waals surface area contributed by atoms with Gasteiger partial charge in [0.1, 0.15) is 0 Å². The van der Waals surface area contributed by atoms with Gasteiger partial charge in [0.2, 0.25) is 0 Å². The van der Waals surface area contributed by atoms with E-state index in [1.54, 1.807) is 11.8 Å². The fourth-order valence-electron chi connectivity index (χ4n) is 1.30. The lowest BCUT2D eigenvalue weighted by atomic mass is 10.4. The Morgan fingerprint density at radius 2 is 1.90 bits per heavy atom. The number of nitrogens with two attached hydrogens (primary N) is 1. The molecule has 0 saturated heterocycles. The first-order valence-electron chi connectivity index (χ1n) is 6.19. The van der Waals surface area contributed by atoms with Crippen molar-refractivity contribution in [2.24, 2.45) is 16.6 Å². The number of rotatable bonds is 5. The zero-order valence-electron chi connectivity index (χ0n) is 10.9. The van der Waals surface area contributed by atoms with Crippen LogP contribution in [0.2, 0.25) is 0 Å². The van der Waals surface area contributed by atoms with Crippen LogP contribution < -0.4 is 5.73 Å². The molecule has 1 unspecified atom stereocenters. The molecule has 4 N–H and O–H groups in total. The fraction of sp³-hybridized carbons (Fsp3) is 0.583. The van der Waals surface area contributed by atoms with Gasteiger partial charge in [0.25, 0.3) is 0 Å². The molecule has 1 atom stereocenters. The number of hydrogen-bond donors (Lipinski definition) is 3. The standard InChI is InChI=1S/C8H14N2OS.C4H4O4/c9-8-10-7(3-4-12-8)11-5-6-1-2-6;5-3(6)1-2-4(7)8/h6-7H,1-5H2,(H2,9,10);1-2H,(H,5,6)(H,7,8)/b;2-1+. The smallest absolute Gasteiger partial charge is 0.328 e. The maximum absolute atomic E-state index is 9.55. The van der Waals surface area contributed by atoms with Crippen molar-refractivity contribution in [3.05, 3.63) is 12.2 Å². The van der Waals surface area contributed by atoms with Crippen molar-refractivity contribution in [3.8, 4) is 0 Å². The topological polar surface area (TPSA) is 122 Å². The Morgan fingerprint density at radius 1 is 1.30 bits per heavy atom. The van der Waals surface area contributed by atoms with E-state index in [-0.39, 0.29) is 6.23 Å². The van der Waals surface area contributed by atoms with E-state index >= 15 is 0 Å². The normalized spacial score (nSPS) is 21.8. The van der Waals surface area contributed by atoms with Gasteiger partial charge in [-0.25, -0.2) is 14.6 Å². The molecule has 2 aliphatic rings. The van der Waals surface area contributed by atoms with Crippen LogP contribution in [0.1, 0.15) is 19.3 Å². The molecule has 0 radical (unpaired) electrons. The molecular formula is C12H18N2O5S. The molecule has 1 fully saturated rings. The number of aliphatic imine (C=N–C) groups is 1. The third-order valence-electron chi connectivity index (χ3n) is 2.48. The fourth-order valence-corrected chi connectivity index (χ4v) is 2.02. The second kappa shape index (κ2) is 8.60. The summed E-state index contributed by atoms with van der Waals surface area (Å²) in [5.41, 5.74) is 5.58. The molecule has 0 aromatic carbocycles. The Labute approximate surface area is 120 Å². The van der Waals surface area contributed by atoms with Gasteiger partial charge in [-0.3, -0.25) is 0 Å². The maximum atomic E-state index is 9.55. The minimum atomic E-state index is -1.26. The molecule has 0 bridgehead atoms. The predicted molar refractivity (Wildman–Crippen MR) is 75.6 cm³/mol. The summed E-state index contributed by atoms with van der Waals surface area (Å²) < 4.78 is 5.60. The van der Waals surface area contributed by atoms with Gasteiger partial charge in [-0.15, -0.1) is 0 Å². The van der Waals surface area contributed by atoms with Crippen molar-refractivity contribution in [1.82, 2.24) is 0 Å². The number of aliphatic carboxylic acids is 2. The monoisotopic (exact) mass is 302 g/mol. The largest absolute Gasteiger partial charge is 0.478 e. The Morgan fingerprint density at radius 3 is 2.35 bits per heavy atom. The first-order chi connectivity index (χ1) is 9.47. The Kier molecular flexibility index (Phi) is 7.10. The highest BCUT2D eigenvalue weighted by Crippen LogP contribution is 2.30. The molecule has 0 spiro atoms. The number of hydrogen-bond acceptors (Lipinski definition) is 6. The summed E-state index contributed by atoms with van der Waals surface area (Å²) in [6.07, 6.45) is 4.84. The molecule has 7 nitrogen and oxygen atoms in total. The van der Waals surface area contributed by atoms with Crippen molar-refractivity contribution < 1.29 is 24.5 Å². The minimum Gasteiger partial charge on any atom is -0.478 e. The molecule has 1 saturated carbocycles. The van der Waals surface area contributed by atoms with Crippen LogP contribution in [-0.4, -0.2) is 45.9 Å². The molecule has 1 aliphatic carbocycles. The van der Waals surface area contributed by atoms with Gasteiger partial charge >= 0.3 is 11.9 Å². The SMILES string of the molecule is NC1=NC(OCC2CC2)CCS1.O=C(O)/C=C/C(=O)O. The Balaban J connectivity index is 0.000000221. The lowest BCUT2D eigenvalue weighted by Crippen LogP contribution is -2.23. The van der Waals surface area contributed by atoms with Crippen LogP contribution in [0.25, 0.3) is 0 Å². The third kappa shape index (κ3) is 8.54. The molecule has 1 aliphatic heterocycles. The zero-order valence-corrected chi connectivity index (χ0v) is 11.7. The first kappa shape index (κ1) is 16.5. The van der Waals surface area contributed by atoms with E-state index in [0.29, 0.717) is 17.3 Å². The van der Waals surface area contributed by atoms with E-state index in [0.717, 1.165) is 24.7 Å². The second-order valence-electron chi connectivity index (χ2n) is 4.35. The van der Waals surface area contributed by atoms with Crippen molar-refractivity contribution in [2.45, 2.75) is 25.5 Å². The molecule has 2 rings (SSSR count). The van der Waals surface area contributed by atoms with Gasteiger partial charge in [-0.05, 0) is 18.8 Å². The van der Waals surface area contributed by atoms with Gasteiger partial charge in [0.15, 0.2) is 11.4 Å². The lowest BCUT2D eigenvalue weighted by molar-refractivity contribution is -0.134. The summed E-state index contributed by atoms with van der Waals surface area (Å²) in [7, 11) is 0. The van der Waals surface area contributed by atoms with Crippen molar-refractivity contribution >= 4 is 28.9 Å². The average Bonchev–Trinajstić information content (AvgIpc) is 3.19. The minimum absolute atomic E-state index is 0.0480. The van der Waals surface area contributed by atoms with Gasteiger partial charge in [0, 0.05) is 24.3 Å². The summed E-state index contributed by atoms with van der Waals surface area (Å²) in [4.78, 5) is 23.3. The van der Waals surface area contributed by atoms with E-state index in [2.05, 4.69) is 4.99 Å². The van der Waals surface area contributed by atoms with Gasteiger partial charge < -0.3 is 20.7 Å². The Hall–Kier alpha value is -1.54. The quantitative estimate of drug-likeness (QED) is 0.645. The second-order valence-corrected chi connectivity index (χ2v) is 5.46. The predicted octanol–water partition coefficient (Wildman–Crippen LogP) is 0.902. The van der Waals surface area contributed by atoms with Gasteiger partial charge in [-0.1, -0.05) is 11.8 Å². The molecule has 20 heavy (non-hydrogen) atoms. The number of nitrogens with zero attached hydrogens (tertiary/aromatic N) is 1. The van der Waals surface area contributed by atoms with Crippen LogP contribution in [0, 0.1) is 5.92 Å². The molecule has 112 valence electrons. The van der Waals surface area contributed by atoms with Crippen LogP contribution in [-0.2, 0) is 14.3 Å². The van der Waals surface area contributed by atoms with Crippen molar-refractivity contribution in [3.63, 3.8) is 0 Å². The van der Waals surface area contributed by atoms with Gasteiger partial charge in [0.05, 0.1) is 6.61 Å². The number of carboxylic acid groups (broad SMARTS) is 2. The van der Waals surface area contributed by atoms with E-state index in [1.165, 1.54) is 12.8 Å². The molecule has 8 heteroatoms. The van der Waals surface area contributed by atoms with Crippen molar-refractivity contribution in [2.75, 3.05) is 12.4 Å². The summed E-state index contributed by atoms with van der Waals surface area (Å²) in [5.74, 6) is -0.652. The third-order valence-corrected chi connectivity index (χ3v) is 3.32. The summed E-state index contributed by atoms with van der Waals surface area (Å²) in [6.45, 7) is 0.881. The summed E-state index contributed by atoms with van der Waals surface area (Å²) >= 11 is 1.62. The number of thioether (sulfide) groups is 1. The number of carbonyl (C=O) groups is 2. The van der Waals surface area contributed by atoms with E-state index in [9.17, 15) is 9.59 Å². The average molecular weight is 302 g/mol. The summed E-state index contributed by atoms with van der Waals surface area (Å²) in [5, 5.41) is 16.3. The number of ether oxygens (including phenoxy) is 1. The van der Waals surface area contributed by atoms with Crippen LogP contribution in [0.15, 0.2) is 17.1 Å². The summed E-state index contributed by atoms with van der Waals surface area (Å²) in [6, 6.07) is 0. The number of amidine groups is 1. The number of carboxylic acids is 2. The van der Waals surface area contributed by atoms with Crippen LogP contribution >= 0.6 is 11.8 Å². The maximum Gasteiger partial charge on any atom is 0.328 e. The molecule has 1 heterocycles. The van der Waals surface area contributed by atoms with Gasteiger partial charge in [-0.2, -0.15) is 0 Å². The molecule has 0 aromatic rings. The molecule has 0 amide bonds. The molecular weight excluding hydrogens is 284 g/mol. The highest BCUT2D eigenvalue weighted by atomic mass is 32.2. The van der Waals surface area contributed by atoms with Crippen LogP contribution in [0.5, 0.6) is 0 Å². The Bertz CT molecular complexity index is 391. The zero-order chi connectivity index (χ0) is 15.0. The van der Waals surface area contributed by atoms with E-state index in [1.807, 2.05) is 0 Å². The van der Waals surface area contributed by atoms with E-state index < -0.39 is 11.9 Å². The first-order valence-corrected chi connectivity index (χ1v) is 7.17. The van der Waals surface area contributed by atoms with Crippen LogP contribution in [0.3, 0.4) is 0 Å². The van der Waals surface area contributed by atoms with Crippen molar-refractivity contribution in [1.29, 1.82) is 0 Å². The van der Waals surface area contributed by atoms with E-state index in [4.69, 9.17) is 20.7 Å².